The minimum absolute atomic E-state index is 0.343. The van der Waals surface area contributed by atoms with E-state index in [4.69, 9.17) is 19.9 Å². The summed E-state index contributed by atoms with van der Waals surface area (Å²) in [5, 5.41) is 3.03. The Morgan fingerprint density at radius 1 is 1.27 bits per heavy atom. The summed E-state index contributed by atoms with van der Waals surface area (Å²) in [7, 11) is 3.21. The lowest BCUT2D eigenvalue weighted by atomic mass is 10.2. The Hall–Kier alpha value is -1.95. The summed E-state index contributed by atoms with van der Waals surface area (Å²) in [5.41, 5.74) is 6.61. The Bertz CT molecular complexity index is 476. The second-order valence-corrected chi connectivity index (χ2v) is 5.28. The van der Waals surface area contributed by atoms with Gasteiger partial charge in [-0.15, -0.1) is 0 Å². The van der Waals surface area contributed by atoms with Crippen molar-refractivity contribution >= 4 is 11.6 Å². The molecule has 6 nitrogen and oxygen atoms in total. The van der Waals surface area contributed by atoms with E-state index < -0.39 is 0 Å². The maximum Gasteiger partial charge on any atom is 0.193 e. The van der Waals surface area contributed by atoms with Crippen LogP contribution in [-0.4, -0.2) is 39.9 Å². The predicted molar refractivity (Wildman–Crippen MR) is 89.9 cm³/mol. The molecule has 0 aliphatic carbocycles. The van der Waals surface area contributed by atoms with Gasteiger partial charge in [-0.1, -0.05) is 13.8 Å². The van der Waals surface area contributed by atoms with Gasteiger partial charge in [0.15, 0.2) is 5.96 Å². The van der Waals surface area contributed by atoms with Crippen molar-refractivity contribution in [2.24, 2.45) is 16.6 Å². The van der Waals surface area contributed by atoms with Crippen molar-refractivity contribution in [2.45, 2.75) is 20.3 Å². The number of nitrogens with one attached hydrogen (secondary N) is 1. The van der Waals surface area contributed by atoms with Gasteiger partial charge < -0.3 is 25.3 Å². The number of hydrogen-bond acceptors (Lipinski definition) is 4. The quantitative estimate of drug-likeness (QED) is 0.416. The lowest BCUT2D eigenvalue weighted by Gasteiger charge is -2.12. The fraction of sp³-hybridized carbons (Fsp3) is 0.562. The zero-order valence-corrected chi connectivity index (χ0v) is 13.9. The molecule has 0 bridgehead atoms. The number of aliphatic imine (C=N–C) groups is 1. The molecule has 0 spiro atoms. The molecule has 0 radical (unpaired) electrons. The number of nitrogens with zero attached hydrogens (tertiary/aromatic N) is 1. The highest BCUT2D eigenvalue weighted by molar-refractivity contribution is 5.93. The molecule has 0 unspecified atom stereocenters. The molecule has 1 aromatic carbocycles. The molecule has 0 aromatic heterocycles. The molecular formula is C16H27N3O3. The fourth-order valence-corrected chi connectivity index (χ4v) is 1.77. The summed E-state index contributed by atoms with van der Waals surface area (Å²) < 4.78 is 16.0. The van der Waals surface area contributed by atoms with Crippen LogP contribution in [0.15, 0.2) is 23.2 Å². The standard InChI is InChI=1S/C16H27N3O3/c1-12(2)11-22-9-5-8-18-16(17)19-14-10-13(20-3)6-7-15(14)21-4/h6-7,10,12H,5,8-9,11H2,1-4H3,(H3,17,18,19). The van der Waals surface area contributed by atoms with Crippen molar-refractivity contribution in [1.29, 1.82) is 0 Å². The van der Waals surface area contributed by atoms with E-state index in [1.54, 1.807) is 14.2 Å². The Morgan fingerprint density at radius 2 is 2.05 bits per heavy atom. The van der Waals surface area contributed by atoms with Crippen LogP contribution in [0.2, 0.25) is 0 Å². The first kappa shape index (κ1) is 18.1. The van der Waals surface area contributed by atoms with E-state index in [-0.39, 0.29) is 0 Å². The Morgan fingerprint density at radius 3 is 2.68 bits per heavy atom. The van der Waals surface area contributed by atoms with Gasteiger partial charge in [0.1, 0.15) is 11.5 Å². The monoisotopic (exact) mass is 309 g/mol. The molecule has 3 N–H and O–H groups in total. The second-order valence-electron chi connectivity index (χ2n) is 5.28. The van der Waals surface area contributed by atoms with E-state index in [1.165, 1.54) is 0 Å². The molecule has 22 heavy (non-hydrogen) atoms. The third-order valence-corrected chi connectivity index (χ3v) is 2.85. The normalized spacial score (nSPS) is 11.6. The first-order valence-corrected chi connectivity index (χ1v) is 7.43. The first-order chi connectivity index (χ1) is 10.6. The number of anilines is 1. The second kappa shape index (κ2) is 9.89. The van der Waals surface area contributed by atoms with Crippen LogP contribution in [0.5, 0.6) is 11.5 Å². The molecule has 1 rings (SSSR count). The Kier molecular flexibility index (Phi) is 8.14. The molecule has 1 aromatic rings. The molecule has 0 atom stereocenters. The number of guanidine groups is 1. The van der Waals surface area contributed by atoms with Crippen molar-refractivity contribution in [3.8, 4) is 11.5 Å². The van der Waals surface area contributed by atoms with E-state index in [1.807, 2.05) is 18.2 Å². The lowest BCUT2D eigenvalue weighted by molar-refractivity contribution is 0.109. The molecule has 124 valence electrons. The maximum absolute atomic E-state index is 5.89. The lowest BCUT2D eigenvalue weighted by Crippen LogP contribution is -2.23. The van der Waals surface area contributed by atoms with Gasteiger partial charge in [-0.3, -0.25) is 4.99 Å². The van der Waals surface area contributed by atoms with Crippen LogP contribution < -0.4 is 20.5 Å². The van der Waals surface area contributed by atoms with Gasteiger partial charge in [0.05, 0.1) is 19.9 Å². The van der Waals surface area contributed by atoms with Gasteiger partial charge in [0.25, 0.3) is 0 Å². The van der Waals surface area contributed by atoms with Gasteiger partial charge in [-0.25, -0.2) is 0 Å². The third kappa shape index (κ3) is 6.67. The minimum Gasteiger partial charge on any atom is -0.497 e. The van der Waals surface area contributed by atoms with Gasteiger partial charge in [0.2, 0.25) is 0 Å². The van der Waals surface area contributed by atoms with Crippen LogP contribution in [0.25, 0.3) is 0 Å². The van der Waals surface area contributed by atoms with Gasteiger partial charge in [0, 0.05) is 25.8 Å². The summed E-state index contributed by atoms with van der Waals surface area (Å²) in [6, 6.07) is 5.45. The Balaban J connectivity index is 2.46. The summed E-state index contributed by atoms with van der Waals surface area (Å²) in [4.78, 5) is 4.27. The number of ether oxygens (including phenoxy) is 3. The molecule has 0 saturated heterocycles. The smallest absolute Gasteiger partial charge is 0.193 e. The van der Waals surface area contributed by atoms with Crippen molar-refractivity contribution in [3.63, 3.8) is 0 Å². The average Bonchev–Trinajstić information content (AvgIpc) is 2.50. The van der Waals surface area contributed by atoms with E-state index in [0.717, 1.165) is 24.5 Å². The summed E-state index contributed by atoms with van der Waals surface area (Å²) in [5.74, 6) is 2.29. The molecule has 6 heteroatoms. The SMILES string of the molecule is COc1ccc(OC)c(NC(N)=NCCCOCC(C)C)c1. The van der Waals surface area contributed by atoms with Crippen LogP contribution >= 0.6 is 0 Å². The predicted octanol–water partition coefficient (Wildman–Crippen LogP) is 2.49. The Labute approximate surface area is 132 Å². The van der Waals surface area contributed by atoms with Crippen molar-refractivity contribution in [2.75, 3.05) is 39.3 Å². The zero-order chi connectivity index (χ0) is 16.4. The number of nitrogens with two attached hydrogens (primary N) is 1. The largest absolute Gasteiger partial charge is 0.497 e. The zero-order valence-electron chi connectivity index (χ0n) is 13.9. The van der Waals surface area contributed by atoms with Crippen molar-refractivity contribution in [1.82, 2.24) is 0 Å². The van der Waals surface area contributed by atoms with Crippen LogP contribution in [0.3, 0.4) is 0 Å². The number of methoxy groups -OCH3 is 2. The van der Waals surface area contributed by atoms with Gasteiger partial charge in [-0.2, -0.15) is 0 Å². The molecule has 0 saturated carbocycles. The minimum atomic E-state index is 0.343. The van der Waals surface area contributed by atoms with E-state index in [9.17, 15) is 0 Å². The van der Waals surface area contributed by atoms with Gasteiger partial charge >= 0.3 is 0 Å². The van der Waals surface area contributed by atoms with Gasteiger partial charge in [-0.05, 0) is 24.5 Å². The molecule has 0 heterocycles. The highest BCUT2D eigenvalue weighted by Crippen LogP contribution is 2.28. The van der Waals surface area contributed by atoms with E-state index in [2.05, 4.69) is 24.2 Å². The highest BCUT2D eigenvalue weighted by atomic mass is 16.5. The number of hydrogen-bond donors (Lipinski definition) is 2. The summed E-state index contributed by atoms with van der Waals surface area (Å²) >= 11 is 0. The first-order valence-electron chi connectivity index (χ1n) is 7.43. The molecule has 0 amide bonds. The van der Waals surface area contributed by atoms with Crippen LogP contribution in [0.4, 0.5) is 5.69 Å². The van der Waals surface area contributed by atoms with Crippen LogP contribution in [-0.2, 0) is 4.74 Å². The summed E-state index contributed by atoms with van der Waals surface area (Å²) in [6.07, 6.45) is 0.838. The highest BCUT2D eigenvalue weighted by Gasteiger charge is 2.05. The number of rotatable bonds is 9. The summed E-state index contributed by atoms with van der Waals surface area (Å²) in [6.45, 7) is 6.34. The fourth-order valence-electron chi connectivity index (χ4n) is 1.77. The average molecular weight is 309 g/mol. The van der Waals surface area contributed by atoms with Crippen molar-refractivity contribution in [3.05, 3.63) is 18.2 Å². The van der Waals surface area contributed by atoms with Crippen molar-refractivity contribution < 1.29 is 14.2 Å². The molecule has 0 fully saturated rings. The maximum atomic E-state index is 5.89. The molecule has 0 aliphatic heterocycles. The topological polar surface area (TPSA) is 78.1 Å². The van der Waals surface area contributed by atoms with E-state index >= 15 is 0 Å². The third-order valence-electron chi connectivity index (χ3n) is 2.85. The number of benzene rings is 1. The van der Waals surface area contributed by atoms with Crippen LogP contribution in [0.1, 0.15) is 20.3 Å². The van der Waals surface area contributed by atoms with E-state index in [0.29, 0.717) is 30.8 Å². The molecular weight excluding hydrogens is 282 g/mol. The van der Waals surface area contributed by atoms with Crippen LogP contribution in [0, 0.1) is 5.92 Å². The molecule has 0 aliphatic rings.